The summed E-state index contributed by atoms with van der Waals surface area (Å²) < 4.78 is 0. The molecule has 0 saturated heterocycles. The lowest BCUT2D eigenvalue weighted by Crippen LogP contribution is -2.06. The maximum atomic E-state index is 12.8. The molecule has 4 rings (SSSR count). The van der Waals surface area contributed by atoms with Crippen molar-refractivity contribution in [2.24, 2.45) is 0 Å². The Balaban J connectivity index is 1.86. The summed E-state index contributed by atoms with van der Waals surface area (Å²) in [6.45, 7) is 1.95. The van der Waals surface area contributed by atoms with Gasteiger partial charge in [-0.25, -0.2) is 0 Å². The zero-order valence-corrected chi connectivity index (χ0v) is 13.7. The Morgan fingerprint density at radius 3 is 2.92 bits per heavy atom. The Morgan fingerprint density at radius 2 is 2.15 bits per heavy atom. The number of aryl methyl sites for hydroxylation is 1. The van der Waals surface area contributed by atoms with E-state index >= 15 is 0 Å². The van der Waals surface area contributed by atoms with Crippen molar-refractivity contribution in [1.82, 2.24) is 25.6 Å². The van der Waals surface area contributed by atoms with Gasteiger partial charge < -0.3 is 10.3 Å². The Kier molecular flexibility index (Phi) is 3.67. The smallest absolute Gasteiger partial charge is 0.216 e. The van der Waals surface area contributed by atoms with E-state index in [0.29, 0.717) is 22.0 Å². The maximum absolute atomic E-state index is 12.8. The first-order chi connectivity index (χ1) is 12.7. The number of para-hydroxylation sites is 1. The van der Waals surface area contributed by atoms with Crippen LogP contribution in [0.4, 0.5) is 5.69 Å². The van der Waals surface area contributed by atoms with Gasteiger partial charge in [0.15, 0.2) is 5.43 Å². The summed E-state index contributed by atoms with van der Waals surface area (Å²) in [7, 11) is 0. The van der Waals surface area contributed by atoms with Gasteiger partial charge >= 0.3 is 0 Å². The number of fused-ring (bicyclic) bond motifs is 2. The molecule has 0 unspecified atom stereocenters. The minimum Gasteiger partial charge on any atom is -0.359 e. The van der Waals surface area contributed by atoms with Crippen molar-refractivity contribution >= 4 is 33.1 Å². The number of benzene rings is 2. The van der Waals surface area contributed by atoms with Crippen LogP contribution >= 0.6 is 0 Å². The molecule has 0 radical (unpaired) electrons. The highest BCUT2D eigenvalue weighted by atomic mass is 16.1. The summed E-state index contributed by atoms with van der Waals surface area (Å²) in [6, 6.07) is 13.1. The molecule has 0 spiro atoms. The molecule has 0 bridgehead atoms. The topological polar surface area (TPSA) is 123 Å². The van der Waals surface area contributed by atoms with Gasteiger partial charge in [0.05, 0.1) is 11.2 Å². The Labute approximate surface area is 147 Å². The number of pyridine rings is 1. The first-order valence-electron chi connectivity index (χ1n) is 7.83. The lowest BCUT2D eigenvalue weighted by Gasteiger charge is -2.09. The van der Waals surface area contributed by atoms with Crippen LogP contribution < -0.4 is 10.7 Å². The van der Waals surface area contributed by atoms with Crippen molar-refractivity contribution < 1.29 is 0 Å². The van der Waals surface area contributed by atoms with Crippen LogP contribution in [-0.4, -0.2) is 25.6 Å². The highest BCUT2D eigenvalue weighted by Crippen LogP contribution is 2.23. The largest absolute Gasteiger partial charge is 0.359 e. The van der Waals surface area contributed by atoms with Gasteiger partial charge in [0.1, 0.15) is 11.6 Å². The van der Waals surface area contributed by atoms with Crippen molar-refractivity contribution in [3.63, 3.8) is 0 Å². The average molecular weight is 343 g/mol. The Bertz CT molecular complexity index is 1250. The van der Waals surface area contributed by atoms with Gasteiger partial charge in [0.2, 0.25) is 5.82 Å². The summed E-state index contributed by atoms with van der Waals surface area (Å²) in [6.07, 6.45) is 1.48. The molecule has 2 heterocycles. The standard InChI is InChI=1S/C18H13N7O/c1-10-5-6-14-13(7-10)17(26)12-3-2-4-15(16(12)21-14)20-9-11(8-19)18-22-24-25-23-18/h2-7,9,20H,1H3,(H,21,26)(H,22,23,24,25). The number of nitrogens with zero attached hydrogens (tertiary/aromatic N) is 4. The zero-order valence-electron chi connectivity index (χ0n) is 13.7. The van der Waals surface area contributed by atoms with E-state index in [1.54, 1.807) is 12.1 Å². The number of nitriles is 1. The van der Waals surface area contributed by atoms with E-state index in [1.165, 1.54) is 6.20 Å². The third kappa shape index (κ3) is 2.57. The molecule has 3 N–H and O–H groups in total. The quantitative estimate of drug-likeness (QED) is 0.388. The molecule has 2 aromatic heterocycles. The molecule has 8 nitrogen and oxygen atoms in total. The molecule has 0 fully saturated rings. The van der Waals surface area contributed by atoms with Crippen LogP contribution in [0.25, 0.3) is 27.4 Å². The number of tetrazole rings is 1. The van der Waals surface area contributed by atoms with Crippen LogP contribution in [0.1, 0.15) is 11.4 Å². The highest BCUT2D eigenvalue weighted by molar-refractivity contribution is 5.98. The molecule has 4 aromatic rings. The molecule has 0 aliphatic heterocycles. The molecule has 26 heavy (non-hydrogen) atoms. The average Bonchev–Trinajstić information content (AvgIpc) is 3.18. The Morgan fingerprint density at radius 1 is 1.27 bits per heavy atom. The molecule has 0 amide bonds. The molecule has 126 valence electrons. The van der Waals surface area contributed by atoms with E-state index in [-0.39, 0.29) is 16.8 Å². The third-order valence-electron chi connectivity index (χ3n) is 4.07. The van der Waals surface area contributed by atoms with Gasteiger partial charge in [0, 0.05) is 22.5 Å². The number of rotatable bonds is 3. The van der Waals surface area contributed by atoms with E-state index in [1.807, 2.05) is 37.3 Å². The summed E-state index contributed by atoms with van der Waals surface area (Å²) in [5, 5.41) is 26.9. The summed E-state index contributed by atoms with van der Waals surface area (Å²) in [5.74, 6) is 0.189. The number of nitrogens with one attached hydrogen (secondary N) is 3. The second-order valence-electron chi connectivity index (χ2n) is 5.78. The van der Waals surface area contributed by atoms with Gasteiger partial charge in [-0.05, 0) is 36.4 Å². The number of aromatic amines is 2. The lowest BCUT2D eigenvalue weighted by molar-refractivity contribution is 0.881. The molecule has 0 atom stereocenters. The van der Waals surface area contributed by atoms with Crippen molar-refractivity contribution in [1.29, 1.82) is 5.26 Å². The van der Waals surface area contributed by atoms with Crippen molar-refractivity contribution in [3.8, 4) is 6.07 Å². The highest BCUT2D eigenvalue weighted by Gasteiger charge is 2.10. The fourth-order valence-electron chi connectivity index (χ4n) is 2.80. The van der Waals surface area contributed by atoms with Crippen LogP contribution in [0.2, 0.25) is 0 Å². The van der Waals surface area contributed by atoms with Gasteiger partial charge in [-0.3, -0.25) is 4.79 Å². The maximum Gasteiger partial charge on any atom is 0.216 e. The fourth-order valence-corrected chi connectivity index (χ4v) is 2.80. The number of H-pyrrole nitrogens is 2. The minimum atomic E-state index is -0.0382. The van der Waals surface area contributed by atoms with E-state index in [4.69, 9.17) is 0 Å². The lowest BCUT2D eigenvalue weighted by atomic mass is 10.1. The molecular weight excluding hydrogens is 330 g/mol. The molecule has 0 aliphatic rings. The fraction of sp³-hybridized carbons (Fsp3) is 0.0556. The summed E-state index contributed by atoms with van der Waals surface area (Å²) in [4.78, 5) is 16.1. The molecule has 0 aliphatic carbocycles. The summed E-state index contributed by atoms with van der Waals surface area (Å²) >= 11 is 0. The van der Waals surface area contributed by atoms with Crippen LogP contribution in [0.3, 0.4) is 0 Å². The number of anilines is 1. The van der Waals surface area contributed by atoms with Crippen LogP contribution in [0, 0.1) is 18.3 Å². The van der Waals surface area contributed by atoms with E-state index in [0.717, 1.165) is 11.1 Å². The van der Waals surface area contributed by atoms with E-state index in [2.05, 4.69) is 30.9 Å². The number of hydrogen-bond acceptors (Lipinski definition) is 6. The van der Waals surface area contributed by atoms with Crippen molar-refractivity contribution in [2.75, 3.05) is 5.32 Å². The van der Waals surface area contributed by atoms with Crippen molar-refractivity contribution in [3.05, 3.63) is 64.2 Å². The normalized spacial score (nSPS) is 11.6. The monoisotopic (exact) mass is 343 g/mol. The zero-order chi connectivity index (χ0) is 18.1. The van der Waals surface area contributed by atoms with Gasteiger partial charge in [-0.15, -0.1) is 10.2 Å². The Hall–Kier alpha value is -3.99. The van der Waals surface area contributed by atoms with Crippen LogP contribution in [-0.2, 0) is 0 Å². The first-order valence-corrected chi connectivity index (χ1v) is 7.83. The number of hydrogen-bond donors (Lipinski definition) is 3. The minimum absolute atomic E-state index is 0.0382. The van der Waals surface area contributed by atoms with E-state index < -0.39 is 0 Å². The summed E-state index contributed by atoms with van der Waals surface area (Å²) in [5.41, 5.74) is 3.29. The van der Waals surface area contributed by atoms with Crippen LogP contribution in [0.15, 0.2) is 47.4 Å². The number of aromatic nitrogens is 5. The molecular formula is C18H13N7O. The second-order valence-corrected chi connectivity index (χ2v) is 5.78. The predicted molar refractivity (Wildman–Crippen MR) is 98.2 cm³/mol. The van der Waals surface area contributed by atoms with Crippen molar-refractivity contribution in [2.45, 2.75) is 6.92 Å². The molecule has 2 aromatic carbocycles. The van der Waals surface area contributed by atoms with Gasteiger partial charge in [0.25, 0.3) is 0 Å². The second kappa shape index (κ2) is 6.14. The van der Waals surface area contributed by atoms with E-state index in [9.17, 15) is 10.1 Å². The number of allylic oxidation sites excluding steroid dienone is 1. The molecule has 8 heteroatoms. The SMILES string of the molecule is Cc1ccc2[nH]c3c(NC=C(C#N)c4nn[nH]n4)cccc3c(=O)c2c1. The third-order valence-corrected chi connectivity index (χ3v) is 4.07. The predicted octanol–water partition coefficient (Wildman–Crippen LogP) is 2.48. The van der Waals surface area contributed by atoms with Gasteiger partial charge in [-0.2, -0.15) is 10.5 Å². The van der Waals surface area contributed by atoms with Gasteiger partial charge in [-0.1, -0.05) is 17.7 Å². The molecule has 0 saturated carbocycles. The first kappa shape index (κ1) is 15.5. The van der Waals surface area contributed by atoms with Crippen LogP contribution in [0.5, 0.6) is 0 Å².